The second-order valence-corrected chi connectivity index (χ2v) is 5.60. The highest BCUT2D eigenvalue weighted by molar-refractivity contribution is 5.55. The number of anilines is 1. The largest absolute Gasteiger partial charge is 0.382 e. The van der Waals surface area contributed by atoms with Crippen LogP contribution in [0.5, 0.6) is 0 Å². The van der Waals surface area contributed by atoms with E-state index < -0.39 is 0 Å². The molecule has 126 valence electrons. The van der Waals surface area contributed by atoms with E-state index in [1.807, 2.05) is 38.3 Å². The predicted octanol–water partition coefficient (Wildman–Crippen LogP) is 0.770. The molecule has 9 nitrogen and oxygen atoms in total. The maximum Gasteiger partial charge on any atom is 0.224 e. The van der Waals surface area contributed by atoms with E-state index in [0.717, 1.165) is 11.3 Å². The summed E-state index contributed by atoms with van der Waals surface area (Å²) in [4.78, 5) is 10.5. The minimum atomic E-state index is -0.106. The summed E-state index contributed by atoms with van der Waals surface area (Å²) in [6, 6.07) is 1.84. The molecule has 0 amide bonds. The molecule has 0 saturated carbocycles. The molecule has 24 heavy (non-hydrogen) atoms. The third kappa shape index (κ3) is 3.11. The molecule has 0 aliphatic heterocycles. The standard InChI is InChI=1S/C15H20N8O/c1-21(2)15-16-7-11(8-17-15)12-9-23(20-19-12)14(10-24-4)13-5-6-18-22(13)3/h5-9,14H,10H2,1-4H3/t14-/m0/s1. The Morgan fingerprint density at radius 1 is 1.25 bits per heavy atom. The lowest BCUT2D eigenvalue weighted by Gasteiger charge is -2.16. The van der Waals surface area contributed by atoms with Gasteiger partial charge < -0.3 is 9.64 Å². The van der Waals surface area contributed by atoms with Gasteiger partial charge in [-0.2, -0.15) is 5.10 Å². The average molecular weight is 328 g/mol. The third-order valence-electron chi connectivity index (χ3n) is 3.69. The quantitative estimate of drug-likeness (QED) is 0.660. The molecule has 3 rings (SSSR count). The molecule has 3 heterocycles. The van der Waals surface area contributed by atoms with E-state index >= 15 is 0 Å². The van der Waals surface area contributed by atoms with Gasteiger partial charge in [-0.05, 0) is 6.07 Å². The van der Waals surface area contributed by atoms with Crippen molar-refractivity contribution in [2.24, 2.45) is 7.05 Å². The first-order valence-corrected chi connectivity index (χ1v) is 7.48. The summed E-state index contributed by atoms with van der Waals surface area (Å²) >= 11 is 0. The van der Waals surface area contributed by atoms with Crippen LogP contribution in [0.3, 0.4) is 0 Å². The number of methoxy groups -OCH3 is 1. The summed E-state index contributed by atoms with van der Waals surface area (Å²) in [7, 11) is 7.35. The zero-order valence-corrected chi connectivity index (χ0v) is 14.2. The van der Waals surface area contributed by atoms with Crippen LogP contribution in [-0.4, -0.2) is 62.6 Å². The van der Waals surface area contributed by atoms with E-state index in [2.05, 4.69) is 25.4 Å². The topological polar surface area (TPSA) is 86.8 Å². The molecular formula is C15H20N8O. The molecule has 0 saturated heterocycles. The van der Waals surface area contributed by atoms with Crippen LogP contribution in [0.25, 0.3) is 11.3 Å². The van der Waals surface area contributed by atoms with Crippen LogP contribution >= 0.6 is 0 Å². The summed E-state index contributed by atoms with van der Waals surface area (Å²) in [6.45, 7) is 0.471. The molecule has 0 aliphatic carbocycles. The fourth-order valence-corrected chi connectivity index (χ4v) is 2.41. The number of hydrogen-bond acceptors (Lipinski definition) is 7. The molecule has 0 unspecified atom stereocenters. The summed E-state index contributed by atoms with van der Waals surface area (Å²) in [5, 5.41) is 12.7. The van der Waals surface area contributed by atoms with Crippen LogP contribution in [-0.2, 0) is 11.8 Å². The Morgan fingerprint density at radius 2 is 2.00 bits per heavy atom. The highest BCUT2D eigenvalue weighted by Crippen LogP contribution is 2.21. The first kappa shape index (κ1) is 16.1. The SMILES string of the molecule is COC[C@@H](c1ccnn1C)n1cc(-c2cnc(N(C)C)nc2)nn1. The van der Waals surface area contributed by atoms with Crippen molar-refractivity contribution in [2.45, 2.75) is 6.04 Å². The molecule has 0 spiro atoms. The highest BCUT2D eigenvalue weighted by Gasteiger charge is 2.19. The first-order chi connectivity index (χ1) is 11.6. The van der Waals surface area contributed by atoms with Gasteiger partial charge in [-0.3, -0.25) is 4.68 Å². The Hall–Kier alpha value is -2.81. The van der Waals surface area contributed by atoms with E-state index in [9.17, 15) is 0 Å². The molecular weight excluding hydrogens is 308 g/mol. The van der Waals surface area contributed by atoms with Gasteiger partial charge in [0.25, 0.3) is 0 Å². The van der Waals surface area contributed by atoms with E-state index in [4.69, 9.17) is 4.74 Å². The molecule has 0 fully saturated rings. The lowest BCUT2D eigenvalue weighted by Crippen LogP contribution is -2.19. The zero-order valence-electron chi connectivity index (χ0n) is 14.2. The fraction of sp³-hybridized carbons (Fsp3) is 0.400. The lowest BCUT2D eigenvalue weighted by molar-refractivity contribution is 0.160. The van der Waals surface area contributed by atoms with Crippen LogP contribution < -0.4 is 4.90 Å². The van der Waals surface area contributed by atoms with Gasteiger partial charge in [0.15, 0.2) is 0 Å². The van der Waals surface area contributed by atoms with Crippen molar-refractivity contribution in [3.8, 4) is 11.3 Å². The normalized spacial score (nSPS) is 12.3. The second kappa shape index (κ2) is 6.75. The number of ether oxygens (including phenoxy) is 1. The fourth-order valence-electron chi connectivity index (χ4n) is 2.41. The van der Waals surface area contributed by atoms with Gasteiger partial charge in [-0.1, -0.05) is 5.21 Å². The Kier molecular flexibility index (Phi) is 4.52. The van der Waals surface area contributed by atoms with Crippen molar-refractivity contribution < 1.29 is 4.74 Å². The zero-order chi connectivity index (χ0) is 17.1. The predicted molar refractivity (Wildman–Crippen MR) is 88.6 cm³/mol. The summed E-state index contributed by atoms with van der Waals surface area (Å²) in [6.07, 6.45) is 7.10. The van der Waals surface area contributed by atoms with Crippen molar-refractivity contribution in [2.75, 3.05) is 32.7 Å². The van der Waals surface area contributed by atoms with Crippen molar-refractivity contribution >= 4 is 5.95 Å². The monoisotopic (exact) mass is 328 g/mol. The Morgan fingerprint density at radius 3 is 2.58 bits per heavy atom. The summed E-state index contributed by atoms with van der Waals surface area (Å²) < 4.78 is 8.91. The highest BCUT2D eigenvalue weighted by atomic mass is 16.5. The van der Waals surface area contributed by atoms with Crippen molar-refractivity contribution in [3.63, 3.8) is 0 Å². The number of aryl methyl sites for hydroxylation is 1. The third-order valence-corrected chi connectivity index (χ3v) is 3.69. The number of nitrogens with zero attached hydrogens (tertiary/aromatic N) is 8. The second-order valence-electron chi connectivity index (χ2n) is 5.60. The molecule has 3 aromatic heterocycles. The Labute approximate surface area is 139 Å². The van der Waals surface area contributed by atoms with Crippen LogP contribution in [0.1, 0.15) is 11.7 Å². The van der Waals surface area contributed by atoms with Crippen LogP contribution in [0.15, 0.2) is 30.9 Å². The van der Waals surface area contributed by atoms with E-state index in [0.29, 0.717) is 18.2 Å². The molecule has 9 heteroatoms. The van der Waals surface area contributed by atoms with E-state index in [-0.39, 0.29) is 6.04 Å². The molecule has 0 aliphatic rings. The molecule has 1 atom stereocenters. The van der Waals surface area contributed by atoms with Gasteiger partial charge in [0, 0.05) is 52.4 Å². The van der Waals surface area contributed by atoms with E-state index in [1.54, 1.807) is 35.1 Å². The Bertz CT molecular complexity index is 792. The van der Waals surface area contributed by atoms with Crippen molar-refractivity contribution in [3.05, 3.63) is 36.5 Å². The molecule has 0 bridgehead atoms. The molecule has 0 aromatic carbocycles. The first-order valence-electron chi connectivity index (χ1n) is 7.48. The lowest BCUT2D eigenvalue weighted by atomic mass is 10.2. The minimum absolute atomic E-state index is 0.106. The van der Waals surface area contributed by atoms with E-state index in [1.165, 1.54) is 0 Å². The Balaban J connectivity index is 1.89. The maximum absolute atomic E-state index is 5.33. The van der Waals surface area contributed by atoms with Gasteiger partial charge in [0.05, 0.1) is 18.5 Å². The minimum Gasteiger partial charge on any atom is -0.382 e. The summed E-state index contributed by atoms with van der Waals surface area (Å²) in [5.74, 6) is 0.651. The number of hydrogen-bond donors (Lipinski definition) is 0. The van der Waals surface area contributed by atoms with Crippen LogP contribution in [0, 0.1) is 0 Å². The van der Waals surface area contributed by atoms with Gasteiger partial charge in [0.2, 0.25) is 5.95 Å². The van der Waals surface area contributed by atoms with Crippen molar-refractivity contribution in [1.29, 1.82) is 0 Å². The van der Waals surface area contributed by atoms with Crippen LogP contribution in [0.2, 0.25) is 0 Å². The van der Waals surface area contributed by atoms with Gasteiger partial charge in [0.1, 0.15) is 11.7 Å². The molecule has 0 radical (unpaired) electrons. The molecule has 0 N–H and O–H groups in total. The smallest absolute Gasteiger partial charge is 0.224 e. The summed E-state index contributed by atoms with van der Waals surface area (Å²) in [5.41, 5.74) is 2.52. The van der Waals surface area contributed by atoms with Gasteiger partial charge in [-0.25, -0.2) is 14.6 Å². The van der Waals surface area contributed by atoms with Gasteiger partial charge in [-0.15, -0.1) is 5.10 Å². The van der Waals surface area contributed by atoms with Gasteiger partial charge >= 0.3 is 0 Å². The number of rotatable bonds is 6. The molecule has 3 aromatic rings. The average Bonchev–Trinajstić information content (AvgIpc) is 3.22. The van der Waals surface area contributed by atoms with Crippen LogP contribution in [0.4, 0.5) is 5.95 Å². The number of aromatic nitrogens is 7. The maximum atomic E-state index is 5.33. The van der Waals surface area contributed by atoms with Crippen molar-refractivity contribution in [1.82, 2.24) is 34.7 Å².